The lowest BCUT2D eigenvalue weighted by Crippen LogP contribution is -2.40. The van der Waals surface area contributed by atoms with Crippen LogP contribution in [-0.4, -0.2) is 42.0 Å². The van der Waals surface area contributed by atoms with Crippen molar-refractivity contribution in [2.75, 3.05) is 26.2 Å². The first-order chi connectivity index (χ1) is 10.0. The second kappa shape index (κ2) is 9.05. The van der Waals surface area contributed by atoms with E-state index in [1.165, 1.54) is 17.1 Å². The quantitative estimate of drug-likeness (QED) is 0.436. The zero-order valence-electron chi connectivity index (χ0n) is 14.2. The fraction of sp³-hybridized carbons (Fsp3) is 0.750. The van der Waals surface area contributed by atoms with Crippen LogP contribution in [0.3, 0.4) is 0 Å². The molecule has 4 nitrogen and oxygen atoms in total. The van der Waals surface area contributed by atoms with Crippen LogP contribution in [0.1, 0.15) is 44.8 Å². The lowest BCUT2D eigenvalue weighted by Gasteiger charge is -2.23. The number of likely N-dealkylation sites (tertiary alicyclic amines) is 1. The normalized spacial score (nSPS) is 17.5. The largest absolute Gasteiger partial charge is 0.357 e. The van der Waals surface area contributed by atoms with Gasteiger partial charge in [-0.3, -0.25) is 4.99 Å². The van der Waals surface area contributed by atoms with Gasteiger partial charge in [0.2, 0.25) is 0 Å². The van der Waals surface area contributed by atoms with Crippen molar-refractivity contribution in [3.05, 3.63) is 16.1 Å². The summed E-state index contributed by atoms with van der Waals surface area (Å²) >= 11 is 1.76. The summed E-state index contributed by atoms with van der Waals surface area (Å²) in [6, 6.07) is 0. The molecule has 2 heterocycles. The van der Waals surface area contributed by atoms with Crippen LogP contribution < -0.4 is 5.32 Å². The topological polar surface area (TPSA) is 40.5 Å². The molecule has 0 radical (unpaired) electrons. The van der Waals surface area contributed by atoms with Crippen LogP contribution >= 0.6 is 35.3 Å². The van der Waals surface area contributed by atoms with E-state index in [4.69, 9.17) is 4.99 Å². The van der Waals surface area contributed by atoms with E-state index in [2.05, 4.69) is 48.3 Å². The number of thiazole rings is 1. The maximum Gasteiger partial charge on any atom is 0.193 e. The van der Waals surface area contributed by atoms with Gasteiger partial charge in [-0.05, 0) is 25.2 Å². The van der Waals surface area contributed by atoms with Gasteiger partial charge in [-0.15, -0.1) is 35.3 Å². The lowest BCUT2D eigenvalue weighted by molar-refractivity contribution is 0.370. The number of aromatic nitrogens is 1. The van der Waals surface area contributed by atoms with Crippen molar-refractivity contribution in [2.45, 2.75) is 47.0 Å². The fourth-order valence-corrected chi connectivity index (χ4v) is 3.40. The summed E-state index contributed by atoms with van der Waals surface area (Å²) in [5.41, 5.74) is 1.58. The predicted molar refractivity (Wildman–Crippen MR) is 107 cm³/mol. The zero-order chi connectivity index (χ0) is 15.3. The number of hydrogen-bond donors (Lipinski definition) is 1. The predicted octanol–water partition coefficient (Wildman–Crippen LogP) is 3.56. The molecule has 1 aliphatic rings. The van der Waals surface area contributed by atoms with E-state index in [1.807, 2.05) is 0 Å². The average molecular weight is 436 g/mol. The van der Waals surface area contributed by atoms with E-state index in [9.17, 15) is 0 Å². The van der Waals surface area contributed by atoms with Crippen molar-refractivity contribution in [3.63, 3.8) is 0 Å². The van der Waals surface area contributed by atoms with Crippen molar-refractivity contribution in [1.29, 1.82) is 0 Å². The van der Waals surface area contributed by atoms with Crippen LogP contribution in [0, 0.1) is 5.41 Å². The molecule has 0 saturated carbocycles. The Hall–Kier alpha value is -0.370. The van der Waals surface area contributed by atoms with Crippen LogP contribution in [0.5, 0.6) is 0 Å². The SMILES string of the molecule is CCNC(=NCCc1csc(CC)n1)N1CCC(C)(C)C1.I. The second-order valence-corrected chi connectivity index (χ2v) is 7.35. The minimum atomic E-state index is 0. The van der Waals surface area contributed by atoms with Gasteiger partial charge in [-0.2, -0.15) is 0 Å². The van der Waals surface area contributed by atoms with Gasteiger partial charge in [0.1, 0.15) is 0 Å². The van der Waals surface area contributed by atoms with Crippen LogP contribution in [0.2, 0.25) is 0 Å². The number of guanidine groups is 1. The Morgan fingerprint density at radius 3 is 2.77 bits per heavy atom. The third kappa shape index (κ3) is 5.68. The van der Waals surface area contributed by atoms with Crippen molar-refractivity contribution < 1.29 is 0 Å². The summed E-state index contributed by atoms with van der Waals surface area (Å²) < 4.78 is 0. The number of nitrogens with zero attached hydrogens (tertiary/aromatic N) is 3. The first-order valence-corrected chi connectivity index (χ1v) is 8.88. The second-order valence-electron chi connectivity index (χ2n) is 6.41. The van der Waals surface area contributed by atoms with E-state index in [0.29, 0.717) is 5.41 Å². The first kappa shape index (κ1) is 19.7. The Balaban J connectivity index is 0.00000242. The first-order valence-electron chi connectivity index (χ1n) is 8.00. The highest BCUT2D eigenvalue weighted by Crippen LogP contribution is 2.28. The highest BCUT2D eigenvalue weighted by Gasteiger charge is 2.30. The molecule has 0 bridgehead atoms. The highest BCUT2D eigenvalue weighted by atomic mass is 127. The molecule has 0 aliphatic carbocycles. The van der Waals surface area contributed by atoms with Gasteiger partial charge in [0.25, 0.3) is 0 Å². The van der Waals surface area contributed by atoms with E-state index < -0.39 is 0 Å². The zero-order valence-corrected chi connectivity index (χ0v) is 17.3. The van der Waals surface area contributed by atoms with Gasteiger partial charge in [0.05, 0.1) is 10.7 Å². The van der Waals surface area contributed by atoms with Crippen molar-refractivity contribution >= 4 is 41.3 Å². The van der Waals surface area contributed by atoms with Gasteiger partial charge < -0.3 is 10.2 Å². The average Bonchev–Trinajstić information content (AvgIpc) is 3.04. The summed E-state index contributed by atoms with van der Waals surface area (Å²) in [5.74, 6) is 1.06. The van der Waals surface area contributed by atoms with Crippen LogP contribution in [0.4, 0.5) is 0 Å². The van der Waals surface area contributed by atoms with Crippen molar-refractivity contribution in [1.82, 2.24) is 15.2 Å². The smallest absolute Gasteiger partial charge is 0.193 e. The maximum absolute atomic E-state index is 4.79. The molecule has 1 aliphatic heterocycles. The van der Waals surface area contributed by atoms with Crippen LogP contribution in [0.25, 0.3) is 0 Å². The van der Waals surface area contributed by atoms with Crippen LogP contribution in [-0.2, 0) is 12.8 Å². The summed E-state index contributed by atoms with van der Waals surface area (Å²) in [5, 5.41) is 6.81. The molecule has 0 atom stereocenters. The minimum absolute atomic E-state index is 0. The Kier molecular flexibility index (Phi) is 8.10. The Morgan fingerprint density at radius 2 is 2.23 bits per heavy atom. The molecular weight excluding hydrogens is 407 g/mol. The van der Waals surface area contributed by atoms with Gasteiger partial charge in [-0.1, -0.05) is 20.8 Å². The highest BCUT2D eigenvalue weighted by molar-refractivity contribution is 14.0. The Bertz CT molecular complexity index is 484. The molecule has 1 aromatic heterocycles. The molecule has 2 rings (SSSR count). The monoisotopic (exact) mass is 436 g/mol. The molecule has 0 aromatic carbocycles. The summed E-state index contributed by atoms with van der Waals surface area (Å²) in [6.07, 6.45) is 3.20. The molecular formula is C16H29IN4S. The third-order valence-corrected chi connectivity index (χ3v) is 4.89. The van der Waals surface area contributed by atoms with Crippen molar-refractivity contribution in [3.8, 4) is 0 Å². The molecule has 0 unspecified atom stereocenters. The minimum Gasteiger partial charge on any atom is -0.357 e. The number of hydrogen-bond acceptors (Lipinski definition) is 3. The number of halogens is 1. The molecule has 0 amide bonds. The standard InChI is InChI=1S/C16H28N4S.HI/c1-5-14-19-13(11-21-14)7-9-18-15(17-6-2)20-10-8-16(3,4)12-20;/h11H,5-10,12H2,1-4H3,(H,17,18);1H. The van der Waals surface area contributed by atoms with E-state index in [1.54, 1.807) is 11.3 Å². The van der Waals surface area contributed by atoms with Crippen LogP contribution in [0.15, 0.2) is 10.4 Å². The van der Waals surface area contributed by atoms with E-state index in [-0.39, 0.29) is 24.0 Å². The van der Waals surface area contributed by atoms with Gasteiger partial charge in [0, 0.05) is 38.0 Å². The molecule has 1 saturated heterocycles. The molecule has 22 heavy (non-hydrogen) atoms. The summed E-state index contributed by atoms with van der Waals surface area (Å²) in [7, 11) is 0. The number of aliphatic imine (C=N–C) groups is 1. The molecule has 1 aromatic rings. The number of aryl methyl sites for hydroxylation is 1. The lowest BCUT2D eigenvalue weighted by atomic mass is 9.93. The molecule has 1 N–H and O–H groups in total. The molecule has 0 spiro atoms. The van der Waals surface area contributed by atoms with Gasteiger partial charge in [0.15, 0.2) is 5.96 Å². The Labute approximate surface area is 155 Å². The number of nitrogens with one attached hydrogen (secondary N) is 1. The molecule has 1 fully saturated rings. The molecule has 6 heteroatoms. The Morgan fingerprint density at radius 1 is 1.45 bits per heavy atom. The van der Waals surface area contributed by atoms with E-state index in [0.717, 1.165) is 45.0 Å². The maximum atomic E-state index is 4.79. The molecule has 126 valence electrons. The van der Waals surface area contributed by atoms with Gasteiger partial charge in [-0.25, -0.2) is 4.98 Å². The third-order valence-electron chi connectivity index (χ3n) is 3.84. The number of rotatable bonds is 5. The summed E-state index contributed by atoms with van der Waals surface area (Å²) in [6.45, 7) is 12.9. The summed E-state index contributed by atoms with van der Waals surface area (Å²) in [4.78, 5) is 11.8. The van der Waals surface area contributed by atoms with E-state index >= 15 is 0 Å². The van der Waals surface area contributed by atoms with Crippen molar-refractivity contribution in [2.24, 2.45) is 10.4 Å². The fourth-order valence-electron chi connectivity index (χ4n) is 2.62. The van der Waals surface area contributed by atoms with Gasteiger partial charge >= 0.3 is 0 Å².